The molecule has 0 fully saturated rings. The van der Waals surface area contributed by atoms with E-state index in [9.17, 15) is 23.5 Å². The van der Waals surface area contributed by atoms with Gasteiger partial charge in [-0.05, 0) is 17.7 Å². The molecule has 9 heteroatoms. The summed E-state index contributed by atoms with van der Waals surface area (Å²) in [5.41, 5.74) is 0.476. The van der Waals surface area contributed by atoms with Crippen molar-refractivity contribution in [1.82, 2.24) is 0 Å². The largest absolute Gasteiger partial charge is 0.586 e. The zero-order chi connectivity index (χ0) is 18.7. The first-order valence-corrected chi connectivity index (χ1v) is 7.43. The molecule has 0 saturated heterocycles. The lowest BCUT2D eigenvalue weighted by atomic mass is 10.1. The van der Waals surface area contributed by atoms with Crippen molar-refractivity contribution in [3.63, 3.8) is 0 Å². The second-order valence-corrected chi connectivity index (χ2v) is 5.30. The molecular weight excluding hydrogens is 352 g/mol. The number of benzene rings is 2. The molecule has 1 aliphatic heterocycles. The van der Waals surface area contributed by atoms with Crippen LogP contribution in [0, 0.1) is 0 Å². The van der Waals surface area contributed by atoms with Crippen LogP contribution in [-0.4, -0.2) is 29.9 Å². The summed E-state index contributed by atoms with van der Waals surface area (Å²) < 4.78 is 39.1. The number of esters is 1. The highest BCUT2D eigenvalue weighted by molar-refractivity contribution is 5.93. The van der Waals surface area contributed by atoms with Crippen molar-refractivity contribution in [1.29, 1.82) is 0 Å². The van der Waals surface area contributed by atoms with Crippen molar-refractivity contribution in [3.05, 3.63) is 54.1 Å². The van der Waals surface area contributed by atoms with E-state index in [1.807, 2.05) is 0 Å². The van der Waals surface area contributed by atoms with E-state index in [2.05, 4.69) is 14.8 Å². The number of nitrogens with one attached hydrogen (secondary N) is 1. The van der Waals surface area contributed by atoms with Gasteiger partial charge >= 0.3 is 12.3 Å². The molecule has 2 aromatic carbocycles. The van der Waals surface area contributed by atoms with Gasteiger partial charge in [0, 0.05) is 11.8 Å². The SMILES string of the molecule is O=C(COC(=O)[C@@H](O)c1ccccc1)Nc1ccc2c(c1)OC(F)(F)O2. The Morgan fingerprint density at radius 1 is 1.12 bits per heavy atom. The van der Waals surface area contributed by atoms with Crippen molar-refractivity contribution in [2.75, 3.05) is 11.9 Å². The first-order valence-electron chi connectivity index (χ1n) is 7.43. The number of hydrogen-bond donors (Lipinski definition) is 2. The predicted molar refractivity (Wildman–Crippen MR) is 83.6 cm³/mol. The van der Waals surface area contributed by atoms with Gasteiger partial charge in [-0.1, -0.05) is 30.3 Å². The number of carbonyl (C=O) groups excluding carboxylic acids is 2. The third-order valence-electron chi connectivity index (χ3n) is 3.37. The third kappa shape index (κ3) is 4.06. The summed E-state index contributed by atoms with van der Waals surface area (Å²) in [4.78, 5) is 23.6. The number of hydrogen-bond acceptors (Lipinski definition) is 6. The molecule has 0 bridgehead atoms. The van der Waals surface area contributed by atoms with E-state index in [1.165, 1.54) is 24.3 Å². The number of aliphatic hydroxyl groups excluding tert-OH is 1. The Morgan fingerprint density at radius 3 is 2.54 bits per heavy atom. The van der Waals surface area contributed by atoms with Gasteiger partial charge in [-0.15, -0.1) is 8.78 Å². The minimum atomic E-state index is -3.76. The maximum atomic E-state index is 12.9. The molecule has 26 heavy (non-hydrogen) atoms. The van der Waals surface area contributed by atoms with Crippen LogP contribution < -0.4 is 14.8 Å². The van der Waals surface area contributed by atoms with Gasteiger partial charge in [-0.3, -0.25) is 4.79 Å². The van der Waals surface area contributed by atoms with Crippen LogP contribution in [0.5, 0.6) is 11.5 Å². The van der Waals surface area contributed by atoms with Crippen molar-refractivity contribution >= 4 is 17.6 Å². The van der Waals surface area contributed by atoms with Crippen LogP contribution in [0.25, 0.3) is 0 Å². The normalized spacial score (nSPS) is 15.2. The van der Waals surface area contributed by atoms with Crippen molar-refractivity contribution in [2.24, 2.45) is 0 Å². The van der Waals surface area contributed by atoms with Crippen LogP contribution in [0.15, 0.2) is 48.5 Å². The summed E-state index contributed by atoms with van der Waals surface area (Å²) in [5.74, 6) is -2.10. The Morgan fingerprint density at radius 2 is 1.81 bits per heavy atom. The monoisotopic (exact) mass is 365 g/mol. The highest BCUT2D eigenvalue weighted by Crippen LogP contribution is 2.42. The number of anilines is 1. The molecule has 7 nitrogen and oxygen atoms in total. The van der Waals surface area contributed by atoms with Gasteiger partial charge in [0.15, 0.2) is 24.2 Å². The lowest BCUT2D eigenvalue weighted by Crippen LogP contribution is -2.26. The second kappa shape index (κ2) is 6.96. The molecule has 1 amide bonds. The number of carbonyl (C=O) groups is 2. The fourth-order valence-corrected chi connectivity index (χ4v) is 2.21. The summed E-state index contributed by atoms with van der Waals surface area (Å²) >= 11 is 0. The highest BCUT2D eigenvalue weighted by Gasteiger charge is 2.43. The van der Waals surface area contributed by atoms with Crippen LogP contribution in [0.2, 0.25) is 0 Å². The maximum Gasteiger partial charge on any atom is 0.586 e. The van der Waals surface area contributed by atoms with E-state index in [4.69, 9.17) is 4.74 Å². The van der Waals surface area contributed by atoms with Gasteiger partial charge in [-0.2, -0.15) is 0 Å². The smallest absolute Gasteiger partial charge is 0.453 e. The molecule has 0 spiro atoms. The van der Waals surface area contributed by atoms with Crippen LogP contribution in [0.4, 0.5) is 14.5 Å². The van der Waals surface area contributed by atoms with Gasteiger partial charge in [0.05, 0.1) is 0 Å². The average molecular weight is 365 g/mol. The predicted octanol–water partition coefficient (Wildman–Crippen LogP) is 2.22. The molecule has 1 heterocycles. The number of ether oxygens (including phenoxy) is 3. The molecule has 0 aromatic heterocycles. The van der Waals surface area contributed by atoms with Gasteiger partial charge in [0.2, 0.25) is 0 Å². The molecule has 0 aliphatic carbocycles. The first kappa shape index (κ1) is 17.6. The van der Waals surface area contributed by atoms with E-state index in [1.54, 1.807) is 18.2 Å². The number of aliphatic hydroxyl groups is 1. The van der Waals surface area contributed by atoms with Crippen molar-refractivity contribution < 1.29 is 37.7 Å². The van der Waals surface area contributed by atoms with Crippen LogP contribution in [0.3, 0.4) is 0 Å². The van der Waals surface area contributed by atoms with E-state index in [0.29, 0.717) is 5.56 Å². The molecule has 0 radical (unpaired) electrons. The fraction of sp³-hybridized carbons (Fsp3) is 0.176. The number of halogens is 2. The molecule has 0 saturated carbocycles. The molecule has 0 unspecified atom stereocenters. The lowest BCUT2D eigenvalue weighted by molar-refractivity contribution is -0.286. The van der Waals surface area contributed by atoms with Crippen LogP contribution in [0.1, 0.15) is 11.7 Å². The average Bonchev–Trinajstić information content (AvgIpc) is 2.92. The number of amides is 1. The van der Waals surface area contributed by atoms with Crippen LogP contribution >= 0.6 is 0 Å². The van der Waals surface area contributed by atoms with E-state index < -0.39 is 30.9 Å². The summed E-state index contributed by atoms with van der Waals surface area (Å²) in [7, 11) is 0. The quantitative estimate of drug-likeness (QED) is 0.789. The van der Waals surface area contributed by atoms with Gasteiger partial charge in [0.1, 0.15) is 0 Å². The van der Waals surface area contributed by atoms with Crippen molar-refractivity contribution in [3.8, 4) is 11.5 Å². The molecule has 1 aliphatic rings. The van der Waals surface area contributed by atoms with Crippen LogP contribution in [-0.2, 0) is 14.3 Å². The Kier molecular flexibility index (Phi) is 4.72. The Balaban J connectivity index is 1.53. The van der Waals surface area contributed by atoms with E-state index >= 15 is 0 Å². The molecule has 3 rings (SSSR count). The first-order chi connectivity index (χ1) is 12.3. The van der Waals surface area contributed by atoms with Gasteiger partial charge < -0.3 is 24.6 Å². The Labute approximate surface area is 146 Å². The van der Waals surface area contributed by atoms with E-state index in [-0.39, 0.29) is 17.2 Å². The third-order valence-corrected chi connectivity index (χ3v) is 3.37. The number of fused-ring (bicyclic) bond motifs is 1. The summed E-state index contributed by atoms with van der Waals surface area (Å²) in [6.07, 6.45) is -5.27. The number of rotatable bonds is 5. The standard InChI is InChI=1S/C17H13F2NO6/c18-17(19)25-12-7-6-11(8-13(12)26-17)20-14(21)9-24-16(23)15(22)10-4-2-1-3-5-10/h1-8,15,22H,9H2,(H,20,21)/t15-/m0/s1. The summed E-state index contributed by atoms with van der Waals surface area (Å²) in [6.45, 7) is -0.659. The second-order valence-electron chi connectivity index (χ2n) is 5.30. The molecule has 136 valence electrons. The summed E-state index contributed by atoms with van der Waals surface area (Å²) in [5, 5.41) is 12.2. The molecule has 2 N–H and O–H groups in total. The molecular formula is C17H13F2NO6. The Bertz CT molecular complexity index is 827. The van der Waals surface area contributed by atoms with Gasteiger partial charge in [0.25, 0.3) is 5.91 Å². The fourth-order valence-electron chi connectivity index (χ4n) is 2.21. The molecule has 2 aromatic rings. The zero-order valence-electron chi connectivity index (χ0n) is 13.1. The Hall–Kier alpha value is -3.20. The lowest BCUT2D eigenvalue weighted by Gasteiger charge is -2.11. The number of alkyl halides is 2. The molecule has 1 atom stereocenters. The zero-order valence-corrected chi connectivity index (χ0v) is 13.1. The van der Waals surface area contributed by atoms with E-state index in [0.717, 1.165) is 6.07 Å². The maximum absolute atomic E-state index is 12.9. The summed E-state index contributed by atoms with van der Waals surface area (Å²) in [6, 6.07) is 11.7. The highest BCUT2D eigenvalue weighted by atomic mass is 19.3. The minimum absolute atomic E-state index is 0.148. The van der Waals surface area contributed by atoms with Crippen molar-refractivity contribution in [2.45, 2.75) is 12.4 Å². The minimum Gasteiger partial charge on any atom is -0.453 e. The van der Waals surface area contributed by atoms with Gasteiger partial charge in [-0.25, -0.2) is 4.79 Å². The topological polar surface area (TPSA) is 94.1 Å².